The molecule has 0 unspecified atom stereocenters. The Hall–Kier alpha value is -0.890. The van der Waals surface area contributed by atoms with E-state index in [0.717, 1.165) is 24.5 Å². The quantitative estimate of drug-likeness (QED) is 0.241. The standard InChI is InChI=1S/C22H39NO.ClH/c1-2-3-4-5-6-7-8-9-10-11-12-13-14-15-19-24-22-18-16-17-21(23)20-22;/h16-18,20H,2-15,19,23H2,1H3;1H. The van der Waals surface area contributed by atoms with Gasteiger partial charge in [0, 0.05) is 11.8 Å². The summed E-state index contributed by atoms with van der Waals surface area (Å²) < 4.78 is 5.71. The van der Waals surface area contributed by atoms with Crippen molar-refractivity contribution in [1.29, 1.82) is 0 Å². The van der Waals surface area contributed by atoms with E-state index in [-0.39, 0.29) is 12.4 Å². The number of nitrogens with two attached hydrogens (primary N) is 1. The summed E-state index contributed by atoms with van der Waals surface area (Å²) in [5.74, 6) is 0.893. The topological polar surface area (TPSA) is 35.2 Å². The third kappa shape index (κ3) is 15.1. The monoisotopic (exact) mass is 369 g/mol. The van der Waals surface area contributed by atoms with Crippen LogP contribution >= 0.6 is 12.4 Å². The molecule has 146 valence electrons. The molecule has 0 aliphatic carbocycles. The molecule has 0 spiro atoms. The number of anilines is 1. The molecule has 0 saturated heterocycles. The summed E-state index contributed by atoms with van der Waals surface area (Å²) in [6.07, 6.45) is 19.4. The summed E-state index contributed by atoms with van der Waals surface area (Å²) in [7, 11) is 0. The number of rotatable bonds is 16. The summed E-state index contributed by atoms with van der Waals surface area (Å²) in [5, 5.41) is 0. The van der Waals surface area contributed by atoms with Crippen molar-refractivity contribution in [3.63, 3.8) is 0 Å². The van der Waals surface area contributed by atoms with E-state index in [1.54, 1.807) is 0 Å². The van der Waals surface area contributed by atoms with E-state index in [1.807, 2.05) is 24.3 Å². The highest BCUT2D eigenvalue weighted by atomic mass is 35.5. The van der Waals surface area contributed by atoms with Crippen LogP contribution in [0.5, 0.6) is 5.75 Å². The largest absolute Gasteiger partial charge is 0.494 e. The molecular formula is C22H40ClNO. The second-order valence-electron chi connectivity index (χ2n) is 7.02. The summed E-state index contributed by atoms with van der Waals surface area (Å²) in [4.78, 5) is 0. The second-order valence-corrected chi connectivity index (χ2v) is 7.02. The average Bonchev–Trinajstić information content (AvgIpc) is 2.58. The van der Waals surface area contributed by atoms with Crippen LogP contribution in [-0.2, 0) is 0 Å². The number of unbranched alkanes of at least 4 members (excludes halogenated alkanes) is 13. The lowest BCUT2D eigenvalue weighted by Gasteiger charge is -2.06. The Labute approximate surface area is 162 Å². The van der Waals surface area contributed by atoms with Gasteiger partial charge >= 0.3 is 0 Å². The van der Waals surface area contributed by atoms with Crippen molar-refractivity contribution >= 4 is 18.1 Å². The van der Waals surface area contributed by atoms with E-state index < -0.39 is 0 Å². The van der Waals surface area contributed by atoms with Crippen molar-refractivity contribution in [3.05, 3.63) is 24.3 Å². The second kappa shape index (κ2) is 17.9. The van der Waals surface area contributed by atoms with Crippen molar-refractivity contribution in [2.24, 2.45) is 0 Å². The maximum absolute atomic E-state index is 5.73. The molecular weight excluding hydrogens is 330 g/mol. The molecule has 2 N–H and O–H groups in total. The first-order chi connectivity index (χ1) is 11.8. The normalized spacial score (nSPS) is 10.4. The molecule has 25 heavy (non-hydrogen) atoms. The molecule has 1 aromatic carbocycles. The molecule has 0 radical (unpaired) electrons. The maximum atomic E-state index is 5.73. The lowest BCUT2D eigenvalue weighted by molar-refractivity contribution is 0.304. The molecule has 0 bridgehead atoms. The first-order valence-corrected chi connectivity index (χ1v) is 10.3. The molecule has 0 aliphatic rings. The predicted octanol–water partition coefficient (Wildman–Crippen LogP) is 7.55. The molecule has 0 fully saturated rings. The maximum Gasteiger partial charge on any atom is 0.121 e. The van der Waals surface area contributed by atoms with Crippen molar-refractivity contribution < 1.29 is 4.74 Å². The van der Waals surface area contributed by atoms with Crippen LogP contribution < -0.4 is 10.5 Å². The average molecular weight is 370 g/mol. The number of hydrogen-bond acceptors (Lipinski definition) is 2. The van der Waals surface area contributed by atoms with E-state index in [2.05, 4.69) is 6.92 Å². The Morgan fingerprint density at radius 2 is 1.20 bits per heavy atom. The van der Waals surface area contributed by atoms with Crippen LogP contribution in [0.25, 0.3) is 0 Å². The van der Waals surface area contributed by atoms with Gasteiger partial charge in [-0.15, -0.1) is 12.4 Å². The van der Waals surface area contributed by atoms with Crippen LogP contribution in [0, 0.1) is 0 Å². The van der Waals surface area contributed by atoms with Gasteiger partial charge in [0.25, 0.3) is 0 Å². The highest BCUT2D eigenvalue weighted by Gasteiger charge is 1.96. The first-order valence-electron chi connectivity index (χ1n) is 10.3. The molecule has 1 rings (SSSR count). The Kier molecular flexibility index (Phi) is 17.3. The Morgan fingerprint density at radius 3 is 1.68 bits per heavy atom. The van der Waals surface area contributed by atoms with Crippen molar-refractivity contribution in [1.82, 2.24) is 0 Å². The van der Waals surface area contributed by atoms with Crippen LogP contribution in [-0.4, -0.2) is 6.61 Å². The van der Waals surface area contributed by atoms with Gasteiger partial charge in [-0.1, -0.05) is 96.5 Å². The van der Waals surface area contributed by atoms with Crippen LogP contribution in [0.1, 0.15) is 96.8 Å². The molecule has 0 amide bonds. The van der Waals surface area contributed by atoms with Gasteiger partial charge < -0.3 is 10.5 Å². The summed E-state index contributed by atoms with van der Waals surface area (Å²) in [6, 6.07) is 7.69. The minimum atomic E-state index is 0. The van der Waals surface area contributed by atoms with E-state index >= 15 is 0 Å². The zero-order valence-corrected chi connectivity index (χ0v) is 17.1. The first kappa shape index (κ1) is 24.1. The van der Waals surface area contributed by atoms with Gasteiger partial charge in [-0.25, -0.2) is 0 Å². The summed E-state index contributed by atoms with van der Waals surface area (Å²) in [5.41, 5.74) is 6.51. The predicted molar refractivity (Wildman–Crippen MR) is 114 cm³/mol. The summed E-state index contributed by atoms with van der Waals surface area (Å²) in [6.45, 7) is 3.09. The fourth-order valence-corrected chi connectivity index (χ4v) is 3.09. The molecule has 0 aliphatic heterocycles. The smallest absolute Gasteiger partial charge is 0.121 e. The molecule has 0 aromatic heterocycles. The van der Waals surface area contributed by atoms with E-state index in [1.165, 1.54) is 83.5 Å². The van der Waals surface area contributed by atoms with Gasteiger partial charge in [0.15, 0.2) is 0 Å². The molecule has 1 aromatic rings. The van der Waals surface area contributed by atoms with E-state index in [4.69, 9.17) is 10.5 Å². The van der Waals surface area contributed by atoms with Gasteiger partial charge in [-0.2, -0.15) is 0 Å². The third-order valence-corrected chi connectivity index (χ3v) is 4.62. The lowest BCUT2D eigenvalue weighted by atomic mass is 10.0. The lowest BCUT2D eigenvalue weighted by Crippen LogP contribution is -1.97. The van der Waals surface area contributed by atoms with Crippen LogP contribution in [0.3, 0.4) is 0 Å². The fourth-order valence-electron chi connectivity index (χ4n) is 3.09. The zero-order valence-electron chi connectivity index (χ0n) is 16.3. The molecule has 0 saturated carbocycles. The highest BCUT2D eigenvalue weighted by Crippen LogP contribution is 2.16. The van der Waals surface area contributed by atoms with Gasteiger partial charge in [0.1, 0.15) is 5.75 Å². The SMILES string of the molecule is CCCCCCCCCCCCCCCCOc1cccc(N)c1.Cl. The Bertz CT molecular complexity index is 397. The van der Waals surface area contributed by atoms with Crippen LogP contribution in [0.15, 0.2) is 24.3 Å². The van der Waals surface area contributed by atoms with Crippen LogP contribution in [0.4, 0.5) is 5.69 Å². The van der Waals surface area contributed by atoms with Crippen molar-refractivity contribution in [3.8, 4) is 5.75 Å². The van der Waals surface area contributed by atoms with Crippen molar-refractivity contribution in [2.75, 3.05) is 12.3 Å². The highest BCUT2D eigenvalue weighted by molar-refractivity contribution is 5.85. The van der Waals surface area contributed by atoms with Gasteiger partial charge in [0.2, 0.25) is 0 Å². The third-order valence-electron chi connectivity index (χ3n) is 4.62. The van der Waals surface area contributed by atoms with Gasteiger partial charge in [-0.3, -0.25) is 0 Å². The van der Waals surface area contributed by atoms with E-state index in [9.17, 15) is 0 Å². The molecule has 0 atom stereocenters. The summed E-state index contributed by atoms with van der Waals surface area (Å²) >= 11 is 0. The Morgan fingerprint density at radius 1 is 0.720 bits per heavy atom. The Balaban J connectivity index is 0.00000576. The molecule has 3 heteroatoms. The van der Waals surface area contributed by atoms with E-state index in [0.29, 0.717) is 0 Å². The minimum Gasteiger partial charge on any atom is -0.494 e. The van der Waals surface area contributed by atoms with Crippen molar-refractivity contribution in [2.45, 2.75) is 96.8 Å². The minimum absolute atomic E-state index is 0. The molecule has 2 nitrogen and oxygen atoms in total. The number of ether oxygens (including phenoxy) is 1. The number of halogens is 1. The fraction of sp³-hybridized carbons (Fsp3) is 0.727. The van der Waals surface area contributed by atoms with Gasteiger partial charge in [-0.05, 0) is 18.6 Å². The van der Waals surface area contributed by atoms with Crippen LogP contribution in [0.2, 0.25) is 0 Å². The number of benzene rings is 1. The number of hydrogen-bond donors (Lipinski definition) is 1. The zero-order chi connectivity index (χ0) is 17.3. The molecule has 0 heterocycles. The van der Waals surface area contributed by atoms with Gasteiger partial charge in [0.05, 0.1) is 6.61 Å². The number of nitrogen functional groups attached to an aromatic ring is 1.